The summed E-state index contributed by atoms with van der Waals surface area (Å²) in [4.78, 5) is 2.46. The first-order chi connectivity index (χ1) is 32.7. The first kappa shape index (κ1) is 38.0. The third-order valence-electron chi connectivity index (χ3n) is 14.1. The van der Waals surface area contributed by atoms with Crippen LogP contribution in [0.15, 0.2) is 261 Å². The number of rotatable bonds is 7. The normalized spacial score (nSPS) is 12.7. The predicted octanol–water partition coefficient (Wildman–Crippen LogP) is 17.3. The van der Waals surface area contributed by atoms with Gasteiger partial charge in [-0.25, -0.2) is 0 Å². The van der Waals surface area contributed by atoms with Crippen molar-refractivity contribution in [3.05, 3.63) is 283 Å². The van der Waals surface area contributed by atoms with Gasteiger partial charge in [0, 0.05) is 17.1 Å². The summed E-state index contributed by atoms with van der Waals surface area (Å²) in [6.07, 6.45) is 0. The summed E-state index contributed by atoms with van der Waals surface area (Å²) in [6, 6.07) is 96.3. The fraction of sp³-hybridized carbons (Fsp3) is 0.0154. The van der Waals surface area contributed by atoms with E-state index in [9.17, 15) is 0 Å². The van der Waals surface area contributed by atoms with E-state index in [4.69, 9.17) is 0 Å². The van der Waals surface area contributed by atoms with Crippen molar-refractivity contribution >= 4 is 27.8 Å². The van der Waals surface area contributed by atoms with Crippen molar-refractivity contribution < 1.29 is 0 Å². The van der Waals surface area contributed by atoms with Gasteiger partial charge in [-0.3, -0.25) is 0 Å². The molecule has 0 fully saturated rings. The van der Waals surface area contributed by atoms with Gasteiger partial charge in [0.25, 0.3) is 0 Å². The first-order valence-corrected chi connectivity index (χ1v) is 22.9. The molecular formula is C65H43N. The van der Waals surface area contributed by atoms with Crippen molar-refractivity contribution in [3.63, 3.8) is 0 Å². The second kappa shape index (κ2) is 15.3. The van der Waals surface area contributed by atoms with E-state index in [2.05, 4.69) is 266 Å². The van der Waals surface area contributed by atoms with Crippen LogP contribution in [0.2, 0.25) is 0 Å². The lowest BCUT2D eigenvalue weighted by molar-refractivity contribution is 0.793. The maximum absolute atomic E-state index is 2.49. The minimum absolute atomic E-state index is 0.449. The van der Waals surface area contributed by atoms with E-state index in [-0.39, 0.29) is 0 Å². The molecule has 0 amide bonds. The van der Waals surface area contributed by atoms with Crippen LogP contribution in [0.1, 0.15) is 22.3 Å². The molecule has 1 heteroatoms. The average molecular weight is 838 g/mol. The Morgan fingerprint density at radius 3 is 1.27 bits per heavy atom. The molecule has 0 aromatic heterocycles. The van der Waals surface area contributed by atoms with Crippen molar-refractivity contribution in [1.29, 1.82) is 0 Å². The van der Waals surface area contributed by atoms with E-state index in [1.54, 1.807) is 0 Å². The molecule has 308 valence electrons. The maximum atomic E-state index is 2.49. The monoisotopic (exact) mass is 837 g/mol. The second-order valence-corrected chi connectivity index (χ2v) is 17.6. The summed E-state index contributed by atoms with van der Waals surface area (Å²) in [7, 11) is 0. The van der Waals surface area contributed by atoms with Crippen LogP contribution in [0.3, 0.4) is 0 Å². The first-order valence-electron chi connectivity index (χ1n) is 22.9. The predicted molar refractivity (Wildman–Crippen MR) is 277 cm³/mol. The molecule has 0 aliphatic heterocycles. The fourth-order valence-corrected chi connectivity index (χ4v) is 11.2. The SMILES string of the molecule is c1ccc(-c2ccc(N(c3ccc(-c4ccc(-c5cccc6ccccc56)cc4)c(-c4ccccc4)c3)c3ccc4c(c3)C3(c5ccccc5-c5ccccc53)c3ccccc3-4)cc2)cc1. The quantitative estimate of drug-likeness (QED) is 0.155. The number of benzene rings is 11. The van der Waals surface area contributed by atoms with E-state index >= 15 is 0 Å². The molecule has 0 atom stereocenters. The van der Waals surface area contributed by atoms with Gasteiger partial charge < -0.3 is 4.90 Å². The molecule has 0 heterocycles. The Morgan fingerprint density at radius 2 is 0.636 bits per heavy atom. The van der Waals surface area contributed by atoms with Crippen molar-refractivity contribution in [2.75, 3.05) is 4.90 Å². The topological polar surface area (TPSA) is 3.24 Å². The van der Waals surface area contributed by atoms with Crippen LogP contribution in [0.25, 0.3) is 77.5 Å². The molecule has 1 spiro atoms. The number of nitrogens with zero attached hydrogens (tertiary/aromatic N) is 1. The van der Waals surface area contributed by atoms with Crippen molar-refractivity contribution in [2.24, 2.45) is 0 Å². The van der Waals surface area contributed by atoms with Crippen molar-refractivity contribution in [1.82, 2.24) is 0 Å². The van der Waals surface area contributed by atoms with Gasteiger partial charge in [0.1, 0.15) is 0 Å². The van der Waals surface area contributed by atoms with Gasteiger partial charge in [-0.1, -0.05) is 224 Å². The molecule has 11 aromatic carbocycles. The van der Waals surface area contributed by atoms with Gasteiger partial charge >= 0.3 is 0 Å². The molecule has 0 unspecified atom stereocenters. The smallest absolute Gasteiger partial charge is 0.0726 e. The van der Waals surface area contributed by atoms with Gasteiger partial charge in [0.15, 0.2) is 0 Å². The highest BCUT2D eigenvalue weighted by Crippen LogP contribution is 2.63. The highest BCUT2D eigenvalue weighted by atomic mass is 15.1. The average Bonchev–Trinajstić information content (AvgIpc) is 3.86. The zero-order chi connectivity index (χ0) is 43.6. The van der Waals surface area contributed by atoms with Crippen LogP contribution >= 0.6 is 0 Å². The van der Waals surface area contributed by atoms with E-state index in [1.807, 2.05) is 0 Å². The zero-order valence-corrected chi connectivity index (χ0v) is 36.3. The summed E-state index contributed by atoms with van der Waals surface area (Å²) in [6.45, 7) is 0. The highest BCUT2D eigenvalue weighted by molar-refractivity contribution is 5.99. The highest BCUT2D eigenvalue weighted by Gasteiger charge is 2.51. The summed E-state index contributed by atoms with van der Waals surface area (Å²) >= 11 is 0. The van der Waals surface area contributed by atoms with E-state index in [1.165, 1.54) is 99.8 Å². The second-order valence-electron chi connectivity index (χ2n) is 17.6. The Hall–Kier alpha value is -8.52. The Kier molecular flexibility index (Phi) is 8.82. The van der Waals surface area contributed by atoms with Gasteiger partial charge in [0.2, 0.25) is 0 Å². The molecular weight excluding hydrogens is 795 g/mol. The van der Waals surface area contributed by atoms with E-state index in [0.717, 1.165) is 17.1 Å². The third-order valence-corrected chi connectivity index (χ3v) is 14.1. The maximum Gasteiger partial charge on any atom is 0.0726 e. The van der Waals surface area contributed by atoms with Crippen LogP contribution < -0.4 is 4.90 Å². The minimum Gasteiger partial charge on any atom is -0.310 e. The van der Waals surface area contributed by atoms with Gasteiger partial charge in [-0.15, -0.1) is 0 Å². The number of hydrogen-bond acceptors (Lipinski definition) is 1. The van der Waals surface area contributed by atoms with Gasteiger partial charge in [-0.2, -0.15) is 0 Å². The van der Waals surface area contributed by atoms with Gasteiger partial charge in [-0.05, 0) is 136 Å². The third kappa shape index (κ3) is 5.87. The van der Waals surface area contributed by atoms with Crippen LogP contribution in [0.5, 0.6) is 0 Å². The van der Waals surface area contributed by atoms with Crippen molar-refractivity contribution in [2.45, 2.75) is 5.41 Å². The molecule has 1 nitrogen and oxygen atoms in total. The molecule has 66 heavy (non-hydrogen) atoms. The van der Waals surface area contributed by atoms with Crippen LogP contribution in [0.4, 0.5) is 17.1 Å². The summed E-state index contributed by atoms with van der Waals surface area (Å²) < 4.78 is 0. The number of fused-ring (bicyclic) bond motifs is 11. The molecule has 13 rings (SSSR count). The van der Waals surface area contributed by atoms with E-state index in [0.29, 0.717) is 0 Å². The number of anilines is 3. The molecule has 11 aromatic rings. The lowest BCUT2D eigenvalue weighted by Gasteiger charge is -2.32. The van der Waals surface area contributed by atoms with Crippen LogP contribution in [-0.2, 0) is 5.41 Å². The molecule has 0 N–H and O–H groups in total. The Labute approximate surface area is 386 Å². The standard InChI is InChI=1S/C65H43N/c1-3-16-44(17-4-1)45-34-36-50(37-35-45)66(52-39-41-59-58-25-11-14-29-63(58)65(64(59)43-52)61-27-12-9-23-56(61)57-24-10-13-28-62(57)65)51-38-40-55(60(42-51)47-18-5-2-6-19-47)49-32-30-48(31-33-49)54-26-15-21-46-20-7-8-22-53(46)54/h1-43H. The largest absolute Gasteiger partial charge is 0.310 e. The Bertz CT molecular complexity index is 3550. The lowest BCUT2D eigenvalue weighted by Crippen LogP contribution is -2.26. The Morgan fingerprint density at radius 1 is 0.227 bits per heavy atom. The molecule has 0 saturated carbocycles. The van der Waals surface area contributed by atoms with Crippen LogP contribution in [0, 0.1) is 0 Å². The van der Waals surface area contributed by atoms with Crippen molar-refractivity contribution in [3.8, 4) is 66.8 Å². The molecule has 2 aliphatic rings. The molecule has 2 aliphatic carbocycles. The lowest BCUT2D eigenvalue weighted by atomic mass is 9.70. The summed E-state index contributed by atoms with van der Waals surface area (Å²) in [5, 5.41) is 2.52. The zero-order valence-electron chi connectivity index (χ0n) is 36.3. The Balaban J connectivity index is 1.00. The molecule has 0 radical (unpaired) electrons. The minimum atomic E-state index is -0.449. The van der Waals surface area contributed by atoms with E-state index < -0.39 is 5.41 Å². The number of hydrogen-bond donors (Lipinski definition) is 0. The van der Waals surface area contributed by atoms with Gasteiger partial charge in [0.05, 0.1) is 5.41 Å². The van der Waals surface area contributed by atoms with Crippen LogP contribution in [-0.4, -0.2) is 0 Å². The summed E-state index contributed by atoms with van der Waals surface area (Å²) in [5.41, 5.74) is 23.0. The molecule has 0 saturated heterocycles. The fourth-order valence-electron chi connectivity index (χ4n) is 11.2. The summed E-state index contributed by atoms with van der Waals surface area (Å²) in [5.74, 6) is 0. The molecule has 0 bridgehead atoms.